The van der Waals surface area contributed by atoms with Gasteiger partial charge in [-0.15, -0.1) is 0 Å². The number of rotatable bonds is 18. The van der Waals surface area contributed by atoms with Crippen LogP contribution in [0.3, 0.4) is 0 Å². The van der Waals surface area contributed by atoms with Crippen LogP contribution in [-0.2, 0) is 30.3 Å². The number of guanidine groups is 1. The van der Waals surface area contributed by atoms with Crippen LogP contribution in [-0.4, -0.2) is 53.9 Å². The van der Waals surface area contributed by atoms with Crippen molar-refractivity contribution in [2.45, 2.75) is 64.8 Å². The number of nitrogens with two attached hydrogens (primary N) is 2. The second-order valence-electron chi connectivity index (χ2n) is 10.1. The van der Waals surface area contributed by atoms with Crippen molar-refractivity contribution < 1.29 is 29.0 Å². The number of hydrogen-bond donors (Lipinski definition) is 4. The predicted molar refractivity (Wildman–Crippen MR) is 158 cm³/mol. The van der Waals surface area contributed by atoms with Gasteiger partial charge in [-0.05, 0) is 49.3 Å². The lowest BCUT2D eigenvalue weighted by Crippen LogP contribution is -2.39. The molecule has 2 aromatic carbocycles. The van der Waals surface area contributed by atoms with Crippen molar-refractivity contribution in [2.24, 2.45) is 28.3 Å². The van der Waals surface area contributed by atoms with Gasteiger partial charge in [0.25, 0.3) is 0 Å². The van der Waals surface area contributed by atoms with Crippen LogP contribution in [0.2, 0.25) is 0 Å². The van der Waals surface area contributed by atoms with Crippen molar-refractivity contribution in [3.8, 4) is 11.1 Å². The minimum absolute atomic E-state index is 0.0712. The van der Waals surface area contributed by atoms with Crippen LogP contribution in [0.4, 0.5) is 0 Å². The molecule has 222 valence electrons. The summed E-state index contributed by atoms with van der Waals surface area (Å²) >= 11 is 0. The van der Waals surface area contributed by atoms with Crippen LogP contribution >= 0.6 is 0 Å². The Morgan fingerprint density at radius 2 is 1.63 bits per heavy atom. The maximum Gasteiger partial charge on any atom is 0.308 e. The Kier molecular flexibility index (Phi) is 14.1. The Morgan fingerprint density at radius 1 is 0.976 bits per heavy atom. The van der Waals surface area contributed by atoms with E-state index in [0.29, 0.717) is 19.3 Å². The van der Waals surface area contributed by atoms with E-state index in [1.165, 1.54) is 0 Å². The molecule has 0 fully saturated rings. The highest BCUT2D eigenvalue weighted by Crippen LogP contribution is 2.21. The summed E-state index contributed by atoms with van der Waals surface area (Å²) in [6.07, 6.45) is 1.23. The molecule has 0 aliphatic heterocycles. The quantitative estimate of drug-likeness (QED) is 0.0918. The fourth-order valence-corrected chi connectivity index (χ4v) is 4.54. The highest BCUT2D eigenvalue weighted by Gasteiger charge is 2.24. The van der Waals surface area contributed by atoms with Crippen LogP contribution in [0.5, 0.6) is 0 Å². The summed E-state index contributed by atoms with van der Waals surface area (Å²) in [5.74, 6) is -3.40. The van der Waals surface area contributed by atoms with Crippen molar-refractivity contribution >= 4 is 29.6 Å². The first-order valence-corrected chi connectivity index (χ1v) is 14.0. The first-order valence-electron chi connectivity index (χ1n) is 14.0. The Bertz CT molecular complexity index is 1160. The van der Waals surface area contributed by atoms with Crippen LogP contribution in [0.25, 0.3) is 11.1 Å². The molecule has 0 aliphatic rings. The minimum atomic E-state index is -1.07. The Hall–Kier alpha value is -4.21. The zero-order valence-electron chi connectivity index (χ0n) is 23.9. The third-order valence-corrected chi connectivity index (χ3v) is 6.69. The molecule has 0 aliphatic carbocycles. The number of ether oxygens (including phenoxy) is 1. The fraction of sp³-hybridized carbons (Fsp3) is 0.452. The van der Waals surface area contributed by atoms with Gasteiger partial charge in [0, 0.05) is 31.8 Å². The number of hydrogen-bond acceptors (Lipinski definition) is 6. The van der Waals surface area contributed by atoms with Gasteiger partial charge >= 0.3 is 11.9 Å². The molecule has 41 heavy (non-hydrogen) atoms. The molecule has 3 atom stereocenters. The number of carbonyl (C=O) groups excluding carboxylic acids is 3. The Morgan fingerprint density at radius 3 is 2.24 bits per heavy atom. The third kappa shape index (κ3) is 12.7. The van der Waals surface area contributed by atoms with Gasteiger partial charge in [0.2, 0.25) is 5.91 Å². The second-order valence-corrected chi connectivity index (χ2v) is 10.1. The zero-order chi connectivity index (χ0) is 30.2. The average Bonchev–Trinajstić information content (AvgIpc) is 2.94. The molecule has 10 nitrogen and oxygen atoms in total. The number of aliphatic imine (C=N–C) groups is 1. The van der Waals surface area contributed by atoms with Crippen molar-refractivity contribution in [2.75, 3.05) is 13.2 Å². The molecular weight excluding hydrogens is 524 g/mol. The number of esters is 1. The second kappa shape index (κ2) is 17.5. The number of carbonyl (C=O) groups is 4. The van der Waals surface area contributed by atoms with Crippen molar-refractivity contribution in [3.05, 3.63) is 60.2 Å². The molecule has 2 aromatic rings. The summed E-state index contributed by atoms with van der Waals surface area (Å²) in [4.78, 5) is 53.0. The lowest BCUT2D eigenvalue weighted by Gasteiger charge is -2.22. The molecule has 0 saturated carbocycles. The molecule has 1 amide bonds. The molecule has 2 rings (SSSR count). The van der Waals surface area contributed by atoms with E-state index in [4.69, 9.17) is 16.2 Å². The highest BCUT2D eigenvalue weighted by molar-refractivity contribution is 5.87. The van der Waals surface area contributed by atoms with Crippen molar-refractivity contribution in [1.29, 1.82) is 0 Å². The molecule has 0 aromatic heterocycles. The van der Waals surface area contributed by atoms with Crippen molar-refractivity contribution in [1.82, 2.24) is 5.32 Å². The van der Waals surface area contributed by atoms with Gasteiger partial charge in [-0.25, -0.2) is 0 Å². The molecule has 0 radical (unpaired) electrons. The van der Waals surface area contributed by atoms with E-state index in [0.717, 1.165) is 16.7 Å². The molecule has 0 spiro atoms. The lowest BCUT2D eigenvalue weighted by atomic mass is 9.94. The summed E-state index contributed by atoms with van der Waals surface area (Å²) in [5.41, 5.74) is 13.7. The largest absolute Gasteiger partial charge is 0.481 e. The first-order chi connectivity index (χ1) is 19.6. The number of amides is 1. The number of ketones is 1. The van der Waals surface area contributed by atoms with E-state index in [1.807, 2.05) is 54.6 Å². The van der Waals surface area contributed by atoms with Crippen LogP contribution < -0.4 is 16.8 Å². The lowest BCUT2D eigenvalue weighted by molar-refractivity contribution is -0.148. The number of carboxylic acids is 1. The van der Waals surface area contributed by atoms with E-state index in [9.17, 15) is 24.3 Å². The van der Waals surface area contributed by atoms with Gasteiger partial charge in [0.05, 0.1) is 18.4 Å². The van der Waals surface area contributed by atoms with E-state index in [1.54, 1.807) is 13.8 Å². The molecule has 0 saturated heterocycles. The molecule has 0 unspecified atom stereocenters. The zero-order valence-corrected chi connectivity index (χ0v) is 23.9. The number of nitrogens with one attached hydrogen (secondary N) is 1. The number of aliphatic carboxylic acids is 1. The topological polar surface area (TPSA) is 174 Å². The standard InChI is InChI=1S/C31H42N4O6/c1-3-41-30(40)21(2)18-26(19-22-11-13-24(14-12-22)23-8-5-4-6-9-23)35-28(37)16-15-27(36)20-25(29(38)39)10-7-17-34-31(32)33/h4-6,8-9,11-14,21,25-26H,3,7,10,15-20H2,1-2H3,(H,35,37)(H,38,39)(H4,32,33,34)/t21-,25-,26+/m1/s1. The maximum absolute atomic E-state index is 12.8. The van der Waals surface area contributed by atoms with Gasteiger partial charge in [-0.2, -0.15) is 0 Å². The van der Waals surface area contributed by atoms with Crippen LogP contribution in [0, 0.1) is 11.8 Å². The molecule has 6 N–H and O–H groups in total. The Balaban J connectivity index is 1.98. The molecular formula is C31H42N4O6. The van der Waals surface area contributed by atoms with Gasteiger partial charge in [-0.1, -0.05) is 61.5 Å². The smallest absolute Gasteiger partial charge is 0.308 e. The first kappa shape index (κ1) is 33.0. The molecule has 10 heteroatoms. The summed E-state index contributed by atoms with van der Waals surface area (Å²) in [7, 11) is 0. The van der Waals surface area contributed by atoms with Crippen LogP contribution in [0.1, 0.15) is 57.9 Å². The number of Topliss-reactive ketones (excluding diaryl/α,β-unsaturated/α-hetero) is 1. The molecule has 0 heterocycles. The molecule has 0 bridgehead atoms. The number of benzene rings is 2. The van der Waals surface area contributed by atoms with E-state index in [-0.39, 0.29) is 68.5 Å². The Labute approximate surface area is 241 Å². The highest BCUT2D eigenvalue weighted by atomic mass is 16.5. The SMILES string of the molecule is CCOC(=O)[C@H](C)C[C@@H](Cc1ccc(-c2ccccc2)cc1)NC(=O)CCC(=O)C[C@@H](CCCN=C(N)N)C(=O)O. The third-order valence-electron chi connectivity index (χ3n) is 6.69. The van der Waals surface area contributed by atoms with Gasteiger partial charge < -0.3 is 26.6 Å². The van der Waals surface area contributed by atoms with Crippen molar-refractivity contribution in [3.63, 3.8) is 0 Å². The number of carboxylic acid groups (broad SMARTS) is 1. The van der Waals surface area contributed by atoms with Gasteiger partial charge in [-0.3, -0.25) is 24.2 Å². The minimum Gasteiger partial charge on any atom is -0.481 e. The summed E-state index contributed by atoms with van der Waals surface area (Å²) in [6.45, 7) is 4.06. The number of nitrogens with zero attached hydrogens (tertiary/aromatic N) is 1. The van der Waals surface area contributed by atoms with Gasteiger partial charge in [0.1, 0.15) is 5.78 Å². The monoisotopic (exact) mass is 566 g/mol. The average molecular weight is 567 g/mol. The summed E-state index contributed by atoms with van der Waals surface area (Å²) in [6, 6.07) is 17.7. The fourth-order valence-electron chi connectivity index (χ4n) is 4.54. The van der Waals surface area contributed by atoms with E-state index >= 15 is 0 Å². The van der Waals surface area contributed by atoms with Crippen LogP contribution in [0.15, 0.2) is 59.6 Å². The predicted octanol–water partition coefficient (Wildman–Crippen LogP) is 3.46. The van der Waals surface area contributed by atoms with E-state index < -0.39 is 17.8 Å². The maximum atomic E-state index is 12.8. The summed E-state index contributed by atoms with van der Waals surface area (Å²) in [5, 5.41) is 12.4. The van der Waals surface area contributed by atoms with E-state index in [2.05, 4.69) is 10.3 Å². The van der Waals surface area contributed by atoms with Gasteiger partial charge in [0.15, 0.2) is 5.96 Å². The normalized spacial score (nSPS) is 12.9. The summed E-state index contributed by atoms with van der Waals surface area (Å²) < 4.78 is 5.14.